The molecule has 6 heteroatoms. The van der Waals surface area contributed by atoms with E-state index in [-0.39, 0.29) is 4.88 Å². The number of carbonyl (C=O) groups excluding carboxylic acids is 1. The predicted octanol–water partition coefficient (Wildman–Crippen LogP) is 3.00. The van der Waals surface area contributed by atoms with Crippen LogP contribution in [0, 0.1) is 11.6 Å². The number of hydrogen-bond acceptors (Lipinski definition) is 4. The van der Waals surface area contributed by atoms with Crippen LogP contribution in [0.3, 0.4) is 0 Å². The predicted molar refractivity (Wildman–Crippen MR) is 63.7 cm³/mol. The second kappa shape index (κ2) is 5.30. The van der Waals surface area contributed by atoms with Crippen LogP contribution >= 0.6 is 11.5 Å². The van der Waals surface area contributed by atoms with Crippen molar-refractivity contribution in [2.24, 2.45) is 0 Å². The highest BCUT2D eigenvalue weighted by atomic mass is 32.1. The van der Waals surface area contributed by atoms with E-state index in [0.717, 1.165) is 30.1 Å². The average molecular weight is 268 g/mol. The number of rotatable bonds is 4. The molecule has 0 saturated heterocycles. The van der Waals surface area contributed by atoms with Gasteiger partial charge in [-0.3, -0.25) is 4.79 Å². The number of carbonyl (C=O) groups is 1. The Hall–Kier alpha value is -1.69. The Morgan fingerprint density at radius 1 is 1.33 bits per heavy atom. The van der Waals surface area contributed by atoms with Crippen molar-refractivity contribution >= 4 is 17.3 Å². The van der Waals surface area contributed by atoms with E-state index in [9.17, 15) is 13.6 Å². The topological polar surface area (TPSA) is 42.9 Å². The molecule has 0 aliphatic rings. The Bertz CT molecular complexity index is 563. The lowest BCUT2D eigenvalue weighted by Gasteiger charge is -2.03. The maximum Gasteiger partial charge on any atom is 0.212 e. The highest BCUT2D eigenvalue weighted by Crippen LogP contribution is 2.21. The van der Waals surface area contributed by atoms with Crippen molar-refractivity contribution in [2.45, 2.75) is 19.8 Å². The van der Waals surface area contributed by atoms with Gasteiger partial charge in [0.25, 0.3) is 0 Å². The summed E-state index contributed by atoms with van der Waals surface area (Å²) in [6.45, 7) is 1.93. The van der Waals surface area contributed by atoms with Crippen molar-refractivity contribution in [2.75, 3.05) is 0 Å². The fourth-order valence-electron chi connectivity index (χ4n) is 1.61. The van der Waals surface area contributed by atoms with Crippen LogP contribution in [-0.4, -0.2) is 15.4 Å². The lowest BCUT2D eigenvalue weighted by molar-refractivity contribution is 0.103. The molecule has 0 saturated carbocycles. The summed E-state index contributed by atoms with van der Waals surface area (Å²) in [6, 6.07) is 3.34. The van der Waals surface area contributed by atoms with Crippen LogP contribution in [0.25, 0.3) is 0 Å². The largest absolute Gasteiger partial charge is 0.287 e. The van der Waals surface area contributed by atoms with Crippen LogP contribution < -0.4 is 0 Å². The minimum Gasteiger partial charge on any atom is -0.287 e. The van der Waals surface area contributed by atoms with E-state index in [4.69, 9.17) is 0 Å². The van der Waals surface area contributed by atoms with Crippen molar-refractivity contribution in [3.05, 3.63) is 46.0 Å². The average Bonchev–Trinajstić information content (AvgIpc) is 2.77. The Labute approximate surface area is 107 Å². The Kier molecular flexibility index (Phi) is 3.76. The highest BCUT2D eigenvalue weighted by molar-refractivity contribution is 7.08. The molecule has 0 radical (unpaired) electrons. The van der Waals surface area contributed by atoms with Gasteiger partial charge in [-0.25, -0.2) is 8.78 Å². The summed E-state index contributed by atoms with van der Waals surface area (Å²) in [4.78, 5) is 12.3. The maximum atomic E-state index is 13.5. The van der Waals surface area contributed by atoms with Gasteiger partial charge in [-0.1, -0.05) is 23.9 Å². The Morgan fingerprint density at radius 2 is 2.00 bits per heavy atom. The van der Waals surface area contributed by atoms with E-state index in [1.165, 1.54) is 6.07 Å². The number of benzene rings is 1. The fraction of sp³-hybridized carbons (Fsp3) is 0.250. The summed E-state index contributed by atoms with van der Waals surface area (Å²) >= 11 is 0.866. The molecule has 0 aliphatic carbocycles. The first-order chi connectivity index (χ1) is 8.65. The first-order valence-electron chi connectivity index (χ1n) is 5.45. The molecule has 0 fully saturated rings. The van der Waals surface area contributed by atoms with E-state index in [1.54, 1.807) is 0 Å². The molecule has 0 spiro atoms. The molecule has 18 heavy (non-hydrogen) atoms. The first kappa shape index (κ1) is 12.8. The van der Waals surface area contributed by atoms with Crippen LogP contribution in [0.1, 0.15) is 34.3 Å². The molecule has 0 unspecified atom stereocenters. The molecule has 0 aliphatic heterocycles. The molecular formula is C12H10F2N2OS. The van der Waals surface area contributed by atoms with Gasteiger partial charge in [-0.2, -0.15) is 0 Å². The van der Waals surface area contributed by atoms with E-state index < -0.39 is 23.0 Å². The summed E-state index contributed by atoms with van der Waals surface area (Å²) in [6.07, 6.45) is 1.35. The molecule has 1 aromatic heterocycles. The third kappa shape index (κ3) is 2.28. The van der Waals surface area contributed by atoms with Gasteiger partial charge in [-0.15, -0.1) is 5.10 Å². The SMILES string of the molecule is CCCc1nnsc1C(=O)c1c(F)cccc1F. The van der Waals surface area contributed by atoms with Crippen LogP contribution in [0.2, 0.25) is 0 Å². The lowest BCUT2D eigenvalue weighted by atomic mass is 10.1. The minimum atomic E-state index is -0.865. The van der Waals surface area contributed by atoms with E-state index in [2.05, 4.69) is 9.59 Å². The lowest BCUT2D eigenvalue weighted by Crippen LogP contribution is -2.08. The summed E-state index contributed by atoms with van der Waals surface area (Å²) < 4.78 is 30.7. The molecular weight excluding hydrogens is 258 g/mol. The zero-order chi connectivity index (χ0) is 13.1. The smallest absolute Gasteiger partial charge is 0.212 e. The Morgan fingerprint density at radius 3 is 2.61 bits per heavy atom. The number of hydrogen-bond donors (Lipinski definition) is 0. The molecule has 3 nitrogen and oxygen atoms in total. The van der Waals surface area contributed by atoms with Crippen LogP contribution in [0.15, 0.2) is 18.2 Å². The molecule has 0 N–H and O–H groups in total. The molecule has 2 aromatic rings. The van der Waals surface area contributed by atoms with Crippen LogP contribution in [0.4, 0.5) is 8.78 Å². The van der Waals surface area contributed by atoms with Crippen LogP contribution in [-0.2, 0) is 6.42 Å². The standard InChI is InChI=1S/C12H10F2N2OS/c1-2-4-9-12(18-16-15-9)11(17)10-7(13)5-3-6-8(10)14/h3,5-6H,2,4H2,1H3. The van der Waals surface area contributed by atoms with Crippen molar-refractivity contribution < 1.29 is 13.6 Å². The molecule has 2 rings (SSSR count). The summed E-state index contributed by atoms with van der Waals surface area (Å²) in [5, 5.41) is 3.81. The van der Waals surface area contributed by atoms with E-state index >= 15 is 0 Å². The third-order valence-corrected chi connectivity index (χ3v) is 3.21. The van der Waals surface area contributed by atoms with Gasteiger partial charge in [0.2, 0.25) is 5.78 Å². The quantitative estimate of drug-likeness (QED) is 0.800. The fourth-order valence-corrected chi connectivity index (χ4v) is 2.26. The molecule has 0 atom stereocenters. The maximum absolute atomic E-state index is 13.5. The summed E-state index contributed by atoms with van der Waals surface area (Å²) in [5.74, 6) is -2.42. The van der Waals surface area contributed by atoms with Gasteiger partial charge >= 0.3 is 0 Å². The molecule has 94 valence electrons. The van der Waals surface area contributed by atoms with Crippen molar-refractivity contribution in [1.82, 2.24) is 9.59 Å². The van der Waals surface area contributed by atoms with Gasteiger partial charge in [0, 0.05) is 0 Å². The number of ketones is 1. The molecule has 1 heterocycles. The highest BCUT2D eigenvalue weighted by Gasteiger charge is 2.23. The summed E-state index contributed by atoms with van der Waals surface area (Å²) in [5.41, 5.74) is -0.0453. The van der Waals surface area contributed by atoms with Crippen molar-refractivity contribution in [1.29, 1.82) is 0 Å². The van der Waals surface area contributed by atoms with Gasteiger partial charge in [0.15, 0.2) is 0 Å². The third-order valence-electron chi connectivity index (χ3n) is 2.44. The minimum absolute atomic E-state index is 0.209. The van der Waals surface area contributed by atoms with E-state index in [1.807, 2.05) is 6.92 Å². The normalized spacial score (nSPS) is 10.6. The second-order valence-corrected chi connectivity index (χ2v) is 4.48. The first-order valence-corrected chi connectivity index (χ1v) is 6.22. The molecule has 1 aromatic carbocycles. The second-order valence-electron chi connectivity index (χ2n) is 3.72. The Balaban J connectivity index is 2.45. The zero-order valence-electron chi connectivity index (χ0n) is 9.61. The molecule has 0 amide bonds. The summed E-state index contributed by atoms with van der Waals surface area (Å²) in [7, 11) is 0. The van der Waals surface area contributed by atoms with E-state index in [0.29, 0.717) is 12.1 Å². The van der Waals surface area contributed by atoms with Gasteiger partial charge in [-0.05, 0) is 30.1 Å². The monoisotopic (exact) mass is 268 g/mol. The van der Waals surface area contributed by atoms with Crippen molar-refractivity contribution in [3.8, 4) is 0 Å². The zero-order valence-corrected chi connectivity index (χ0v) is 10.4. The number of aromatic nitrogens is 2. The molecule has 0 bridgehead atoms. The van der Waals surface area contributed by atoms with Crippen molar-refractivity contribution in [3.63, 3.8) is 0 Å². The number of aryl methyl sites for hydroxylation is 1. The van der Waals surface area contributed by atoms with Crippen LogP contribution in [0.5, 0.6) is 0 Å². The van der Waals surface area contributed by atoms with Gasteiger partial charge in [0.1, 0.15) is 16.5 Å². The van der Waals surface area contributed by atoms with Gasteiger partial charge < -0.3 is 0 Å². The number of halogens is 2. The number of nitrogens with zero attached hydrogens (tertiary/aromatic N) is 2. The van der Waals surface area contributed by atoms with Gasteiger partial charge in [0.05, 0.1) is 11.3 Å².